The summed E-state index contributed by atoms with van der Waals surface area (Å²) >= 11 is 0. The molecule has 0 atom stereocenters. The highest BCUT2D eigenvalue weighted by Gasteiger charge is 2.12. The maximum Gasteiger partial charge on any atom is 0.247 e. The van der Waals surface area contributed by atoms with Crippen LogP contribution in [0.3, 0.4) is 0 Å². The minimum absolute atomic E-state index is 0.0988. The van der Waals surface area contributed by atoms with Crippen molar-refractivity contribution in [1.82, 2.24) is 9.71 Å². The summed E-state index contributed by atoms with van der Waals surface area (Å²) in [5.74, 6) is 0. The molecule has 0 spiro atoms. The molecule has 1 aromatic rings. The molecule has 0 unspecified atom stereocenters. The van der Waals surface area contributed by atoms with E-state index >= 15 is 0 Å². The first kappa shape index (κ1) is 17.9. The van der Waals surface area contributed by atoms with Gasteiger partial charge in [0.25, 0.3) is 0 Å². The highest BCUT2D eigenvalue weighted by molar-refractivity contribution is 7.89. The zero-order valence-electron chi connectivity index (χ0n) is 12.7. The van der Waals surface area contributed by atoms with Gasteiger partial charge in [0.2, 0.25) is 15.6 Å². The Balaban J connectivity index is 2.17. The van der Waals surface area contributed by atoms with Gasteiger partial charge in [-0.1, -0.05) is 51.9 Å². The minimum atomic E-state index is -3.50. The Morgan fingerprint density at radius 3 is 2.19 bits per heavy atom. The molecule has 0 aliphatic rings. The van der Waals surface area contributed by atoms with Gasteiger partial charge in [0.15, 0.2) is 0 Å². The van der Waals surface area contributed by atoms with E-state index < -0.39 is 10.0 Å². The van der Waals surface area contributed by atoms with Gasteiger partial charge in [-0.15, -0.1) is 0 Å². The van der Waals surface area contributed by atoms with E-state index in [1.807, 2.05) is 0 Å². The Hall–Kier alpha value is -1.14. The van der Waals surface area contributed by atoms with Crippen molar-refractivity contribution < 1.29 is 8.42 Å². The number of rotatable bonds is 11. The maximum absolute atomic E-state index is 11.9. The summed E-state index contributed by atoms with van der Waals surface area (Å²) in [4.78, 5) is 13.4. The number of nitrogens with one attached hydrogen (secondary N) is 2. The molecule has 0 aliphatic heterocycles. The molecule has 0 aromatic carbocycles. The summed E-state index contributed by atoms with van der Waals surface area (Å²) < 4.78 is 26.4. The van der Waals surface area contributed by atoms with E-state index in [9.17, 15) is 13.2 Å². The van der Waals surface area contributed by atoms with E-state index in [0.717, 1.165) is 19.3 Å². The molecule has 120 valence electrons. The van der Waals surface area contributed by atoms with Crippen LogP contribution in [0.1, 0.15) is 58.3 Å². The second kappa shape index (κ2) is 9.73. The maximum atomic E-state index is 11.9. The summed E-state index contributed by atoms with van der Waals surface area (Å²) in [6, 6.07) is 2.53. The average molecular weight is 314 g/mol. The first-order chi connectivity index (χ1) is 10.1. The standard InChI is InChI=1S/C15H26N2O3S/c1-2-3-4-5-6-7-8-9-12-17-21(19,20)14-10-11-15(18)16-13-14/h10-11,13,17H,2-9,12H2,1H3,(H,16,18). The van der Waals surface area contributed by atoms with Crippen molar-refractivity contribution in [3.05, 3.63) is 28.7 Å². The molecule has 1 rings (SSSR count). The van der Waals surface area contributed by atoms with E-state index in [2.05, 4.69) is 16.6 Å². The Bertz CT molecular complexity index is 532. The minimum Gasteiger partial charge on any atom is -0.328 e. The summed E-state index contributed by atoms with van der Waals surface area (Å²) in [5.41, 5.74) is -0.308. The van der Waals surface area contributed by atoms with Crippen molar-refractivity contribution in [3.8, 4) is 0 Å². The number of unbranched alkanes of at least 4 members (excludes halogenated alkanes) is 7. The Morgan fingerprint density at radius 1 is 1.00 bits per heavy atom. The molecule has 0 amide bonds. The molecule has 1 aromatic heterocycles. The van der Waals surface area contributed by atoms with Gasteiger partial charge in [-0.25, -0.2) is 13.1 Å². The molecular weight excluding hydrogens is 288 g/mol. The van der Waals surface area contributed by atoms with Crippen LogP contribution in [0.4, 0.5) is 0 Å². The largest absolute Gasteiger partial charge is 0.328 e. The van der Waals surface area contributed by atoms with E-state index in [1.54, 1.807) is 0 Å². The Labute approximate surface area is 127 Å². The number of hydrogen-bond acceptors (Lipinski definition) is 3. The van der Waals surface area contributed by atoms with Crippen LogP contribution in [0.25, 0.3) is 0 Å². The van der Waals surface area contributed by atoms with Crippen LogP contribution in [0.15, 0.2) is 28.0 Å². The monoisotopic (exact) mass is 314 g/mol. The van der Waals surface area contributed by atoms with Crippen LogP contribution in [-0.2, 0) is 10.0 Å². The number of aromatic amines is 1. The lowest BCUT2D eigenvalue weighted by molar-refractivity contribution is 0.559. The van der Waals surface area contributed by atoms with Crippen LogP contribution in [0, 0.1) is 0 Å². The van der Waals surface area contributed by atoms with Gasteiger partial charge in [0.05, 0.1) is 4.90 Å². The first-order valence-corrected chi connectivity index (χ1v) is 9.23. The molecule has 0 saturated carbocycles. The third-order valence-electron chi connectivity index (χ3n) is 3.39. The van der Waals surface area contributed by atoms with Gasteiger partial charge in [-0.3, -0.25) is 4.79 Å². The topological polar surface area (TPSA) is 79.0 Å². The SMILES string of the molecule is CCCCCCCCCCNS(=O)(=O)c1ccc(=O)[nH]c1. The zero-order chi connectivity index (χ0) is 15.6. The lowest BCUT2D eigenvalue weighted by atomic mass is 10.1. The predicted molar refractivity (Wildman–Crippen MR) is 84.9 cm³/mol. The van der Waals surface area contributed by atoms with Crippen LogP contribution in [-0.4, -0.2) is 19.9 Å². The first-order valence-electron chi connectivity index (χ1n) is 7.74. The van der Waals surface area contributed by atoms with Gasteiger partial charge >= 0.3 is 0 Å². The van der Waals surface area contributed by atoms with E-state index in [0.29, 0.717) is 6.54 Å². The Morgan fingerprint density at radius 2 is 1.62 bits per heavy atom. The second-order valence-corrected chi connectivity index (χ2v) is 7.03. The highest BCUT2D eigenvalue weighted by atomic mass is 32.2. The van der Waals surface area contributed by atoms with E-state index in [-0.39, 0.29) is 10.5 Å². The molecule has 0 saturated heterocycles. The van der Waals surface area contributed by atoms with Gasteiger partial charge in [-0.2, -0.15) is 0 Å². The zero-order valence-corrected chi connectivity index (χ0v) is 13.5. The van der Waals surface area contributed by atoms with Crippen molar-refractivity contribution in [2.24, 2.45) is 0 Å². The van der Waals surface area contributed by atoms with Gasteiger partial charge in [-0.05, 0) is 12.5 Å². The summed E-state index contributed by atoms with van der Waals surface area (Å²) in [6.45, 7) is 2.64. The van der Waals surface area contributed by atoms with Crippen molar-refractivity contribution in [1.29, 1.82) is 0 Å². The van der Waals surface area contributed by atoms with Crippen molar-refractivity contribution in [3.63, 3.8) is 0 Å². The third kappa shape index (κ3) is 7.43. The normalized spacial score (nSPS) is 11.7. The molecule has 2 N–H and O–H groups in total. The lowest BCUT2D eigenvalue weighted by Crippen LogP contribution is -2.25. The van der Waals surface area contributed by atoms with E-state index in [4.69, 9.17) is 0 Å². The number of sulfonamides is 1. The van der Waals surface area contributed by atoms with Gasteiger partial charge in [0, 0.05) is 18.8 Å². The van der Waals surface area contributed by atoms with Crippen molar-refractivity contribution in [2.75, 3.05) is 6.54 Å². The highest BCUT2D eigenvalue weighted by Crippen LogP contribution is 2.09. The molecule has 0 aliphatic carbocycles. The second-order valence-electron chi connectivity index (χ2n) is 5.26. The van der Waals surface area contributed by atoms with E-state index in [1.165, 1.54) is 50.4 Å². The van der Waals surface area contributed by atoms with Crippen LogP contribution in [0.2, 0.25) is 0 Å². The lowest BCUT2D eigenvalue weighted by Gasteiger charge is -2.06. The number of H-pyrrole nitrogens is 1. The molecule has 5 nitrogen and oxygen atoms in total. The average Bonchev–Trinajstić information content (AvgIpc) is 2.46. The molecular formula is C15H26N2O3S. The van der Waals surface area contributed by atoms with Crippen LogP contribution in [0.5, 0.6) is 0 Å². The number of hydrogen-bond donors (Lipinski definition) is 2. The summed E-state index contributed by atoms with van der Waals surface area (Å²) in [7, 11) is -3.50. The fourth-order valence-electron chi connectivity index (χ4n) is 2.11. The predicted octanol–water partition coefficient (Wildman–Crippen LogP) is 2.79. The Kier molecular flexibility index (Phi) is 8.30. The fourth-order valence-corrected chi connectivity index (χ4v) is 3.15. The van der Waals surface area contributed by atoms with Gasteiger partial charge < -0.3 is 4.98 Å². The molecule has 0 bridgehead atoms. The quantitative estimate of drug-likeness (QED) is 0.616. The van der Waals surface area contributed by atoms with Crippen LogP contribution < -0.4 is 10.3 Å². The van der Waals surface area contributed by atoms with Gasteiger partial charge in [0.1, 0.15) is 0 Å². The van der Waals surface area contributed by atoms with Crippen molar-refractivity contribution in [2.45, 2.75) is 63.2 Å². The molecule has 1 heterocycles. The van der Waals surface area contributed by atoms with Crippen LogP contribution >= 0.6 is 0 Å². The number of aromatic nitrogens is 1. The smallest absolute Gasteiger partial charge is 0.247 e. The molecule has 0 radical (unpaired) electrons. The fraction of sp³-hybridized carbons (Fsp3) is 0.667. The molecule has 6 heteroatoms. The molecule has 0 fully saturated rings. The summed E-state index contributed by atoms with van der Waals surface area (Å²) in [6.07, 6.45) is 10.6. The number of pyridine rings is 1. The summed E-state index contributed by atoms with van der Waals surface area (Å²) in [5, 5.41) is 0. The van der Waals surface area contributed by atoms with Crippen molar-refractivity contribution >= 4 is 10.0 Å². The molecule has 21 heavy (non-hydrogen) atoms. The third-order valence-corrected chi connectivity index (χ3v) is 4.85.